The minimum atomic E-state index is -2.94. The summed E-state index contributed by atoms with van der Waals surface area (Å²) in [5.74, 6) is 1.03. The van der Waals surface area contributed by atoms with Crippen LogP contribution in [-0.4, -0.2) is 44.7 Å². The molecule has 0 bridgehead atoms. The lowest BCUT2D eigenvalue weighted by Crippen LogP contribution is -2.31. The van der Waals surface area contributed by atoms with Gasteiger partial charge in [-0.1, -0.05) is 0 Å². The van der Waals surface area contributed by atoms with Crippen LogP contribution in [0.2, 0.25) is 0 Å². The minimum absolute atomic E-state index is 0.0354. The van der Waals surface area contributed by atoms with E-state index in [0.717, 1.165) is 32.6 Å². The van der Waals surface area contributed by atoms with Gasteiger partial charge < -0.3 is 5.32 Å². The molecule has 0 aromatic heterocycles. The number of nitrogens with one attached hydrogen (secondary N) is 1. The van der Waals surface area contributed by atoms with E-state index >= 15 is 0 Å². The van der Waals surface area contributed by atoms with Crippen molar-refractivity contribution in [1.29, 1.82) is 0 Å². The molecule has 1 aliphatic carbocycles. The van der Waals surface area contributed by atoms with Crippen LogP contribution in [-0.2, 0) is 10.0 Å². The van der Waals surface area contributed by atoms with Gasteiger partial charge in [-0.25, -0.2) is 12.7 Å². The lowest BCUT2D eigenvalue weighted by Gasteiger charge is -2.19. The summed E-state index contributed by atoms with van der Waals surface area (Å²) in [5, 5.41) is 3.29. The molecule has 3 rings (SSSR count). The Hall–Kier alpha value is -0.130. The first kappa shape index (κ1) is 10.1. The third-order valence-corrected chi connectivity index (χ3v) is 5.93. The second kappa shape index (κ2) is 3.18. The van der Waals surface area contributed by atoms with Gasteiger partial charge >= 0.3 is 0 Å². The fourth-order valence-electron chi connectivity index (χ4n) is 2.82. The molecule has 15 heavy (non-hydrogen) atoms. The zero-order valence-electron chi connectivity index (χ0n) is 8.91. The molecule has 0 radical (unpaired) electrons. The van der Waals surface area contributed by atoms with E-state index in [1.165, 1.54) is 12.8 Å². The van der Waals surface area contributed by atoms with Crippen LogP contribution in [0.5, 0.6) is 0 Å². The second-order valence-corrected chi connectivity index (χ2v) is 7.39. The Morgan fingerprint density at radius 1 is 1.40 bits per heavy atom. The predicted octanol–water partition coefficient (Wildman–Crippen LogP) is 0.0215. The van der Waals surface area contributed by atoms with Crippen LogP contribution in [0.15, 0.2) is 0 Å². The van der Waals surface area contributed by atoms with Gasteiger partial charge in [0, 0.05) is 25.0 Å². The highest BCUT2D eigenvalue weighted by Crippen LogP contribution is 2.39. The summed E-state index contributed by atoms with van der Waals surface area (Å²) < 4.78 is 25.7. The van der Waals surface area contributed by atoms with Crippen molar-refractivity contribution in [1.82, 2.24) is 9.62 Å². The molecule has 4 nitrogen and oxygen atoms in total. The fraction of sp³-hybridized carbons (Fsp3) is 1.00. The van der Waals surface area contributed by atoms with E-state index in [-0.39, 0.29) is 5.41 Å². The molecule has 2 heterocycles. The van der Waals surface area contributed by atoms with Crippen molar-refractivity contribution in [2.75, 3.05) is 31.9 Å². The molecule has 2 aliphatic heterocycles. The molecule has 3 aliphatic rings. The Balaban J connectivity index is 1.78. The molecule has 0 aromatic rings. The summed E-state index contributed by atoms with van der Waals surface area (Å²) >= 11 is 0. The highest BCUT2D eigenvalue weighted by molar-refractivity contribution is 7.89. The van der Waals surface area contributed by atoms with Gasteiger partial charge in [-0.15, -0.1) is 0 Å². The van der Waals surface area contributed by atoms with E-state index in [4.69, 9.17) is 0 Å². The maximum Gasteiger partial charge on any atom is 0.214 e. The molecule has 0 amide bonds. The average molecular weight is 230 g/mol. The predicted molar refractivity (Wildman–Crippen MR) is 58.0 cm³/mol. The number of sulfonamides is 1. The zero-order valence-corrected chi connectivity index (χ0v) is 9.72. The highest BCUT2D eigenvalue weighted by Gasteiger charge is 2.49. The Morgan fingerprint density at radius 3 is 2.80 bits per heavy atom. The molecule has 3 fully saturated rings. The molecular formula is C10H18N2O2S. The van der Waals surface area contributed by atoms with E-state index < -0.39 is 10.0 Å². The van der Waals surface area contributed by atoms with Crippen molar-refractivity contribution in [3.8, 4) is 0 Å². The van der Waals surface area contributed by atoms with Gasteiger partial charge in [0.15, 0.2) is 0 Å². The largest absolute Gasteiger partial charge is 0.316 e. The van der Waals surface area contributed by atoms with E-state index in [1.54, 1.807) is 4.31 Å². The quantitative estimate of drug-likeness (QED) is 0.727. The van der Waals surface area contributed by atoms with Crippen molar-refractivity contribution in [3.63, 3.8) is 0 Å². The van der Waals surface area contributed by atoms with E-state index in [0.29, 0.717) is 11.7 Å². The first-order valence-electron chi connectivity index (χ1n) is 5.78. The molecular weight excluding hydrogens is 212 g/mol. The number of hydrogen-bond donors (Lipinski definition) is 1. The van der Waals surface area contributed by atoms with Crippen molar-refractivity contribution < 1.29 is 8.42 Å². The van der Waals surface area contributed by atoms with E-state index in [9.17, 15) is 8.42 Å². The monoisotopic (exact) mass is 230 g/mol. The van der Waals surface area contributed by atoms with Crippen LogP contribution in [0.3, 0.4) is 0 Å². The maximum atomic E-state index is 12.0. The van der Waals surface area contributed by atoms with Gasteiger partial charge in [-0.3, -0.25) is 0 Å². The van der Waals surface area contributed by atoms with Crippen LogP contribution in [0.4, 0.5) is 0 Å². The first-order chi connectivity index (χ1) is 7.10. The Kier molecular flexibility index (Phi) is 2.13. The Bertz CT molecular complexity index is 356. The summed E-state index contributed by atoms with van der Waals surface area (Å²) in [6.45, 7) is 3.41. The zero-order chi connectivity index (χ0) is 10.5. The first-order valence-corrected chi connectivity index (χ1v) is 7.39. The lowest BCUT2D eigenvalue weighted by atomic mass is 9.90. The molecule has 5 heteroatoms. The van der Waals surface area contributed by atoms with Crippen molar-refractivity contribution >= 4 is 10.0 Å². The molecule has 86 valence electrons. The third-order valence-electron chi connectivity index (χ3n) is 3.88. The van der Waals surface area contributed by atoms with Gasteiger partial charge in [0.1, 0.15) is 0 Å². The Morgan fingerprint density at radius 2 is 2.20 bits per heavy atom. The molecule has 0 aromatic carbocycles. The van der Waals surface area contributed by atoms with Gasteiger partial charge in [0.2, 0.25) is 10.0 Å². The van der Waals surface area contributed by atoms with Crippen LogP contribution < -0.4 is 5.32 Å². The Labute approximate surface area is 91.1 Å². The summed E-state index contributed by atoms with van der Waals surface area (Å²) in [5.41, 5.74) is 0.0354. The second-order valence-electron chi connectivity index (χ2n) is 5.42. The summed E-state index contributed by atoms with van der Waals surface area (Å²) in [6.07, 6.45) is 3.46. The smallest absolute Gasteiger partial charge is 0.214 e. The number of rotatable bonds is 2. The van der Waals surface area contributed by atoms with Crippen molar-refractivity contribution in [2.45, 2.75) is 19.3 Å². The van der Waals surface area contributed by atoms with Crippen molar-refractivity contribution in [3.05, 3.63) is 0 Å². The number of hydrogen-bond acceptors (Lipinski definition) is 3. The lowest BCUT2D eigenvalue weighted by molar-refractivity contribution is 0.300. The SMILES string of the molecule is O=S1(=O)CC2(CCNC2)CN1CC1CC1. The molecule has 1 N–H and O–H groups in total. The van der Waals surface area contributed by atoms with Crippen molar-refractivity contribution in [2.24, 2.45) is 11.3 Å². The van der Waals surface area contributed by atoms with Gasteiger partial charge in [-0.05, 0) is 31.7 Å². The summed E-state index contributed by atoms with van der Waals surface area (Å²) in [7, 11) is -2.94. The molecule has 1 unspecified atom stereocenters. The highest BCUT2D eigenvalue weighted by atomic mass is 32.2. The van der Waals surface area contributed by atoms with Gasteiger partial charge in [-0.2, -0.15) is 0 Å². The molecule has 1 spiro atoms. The van der Waals surface area contributed by atoms with Crippen LogP contribution in [0, 0.1) is 11.3 Å². The van der Waals surface area contributed by atoms with E-state index in [1.807, 2.05) is 0 Å². The molecule has 1 saturated carbocycles. The fourth-order valence-corrected chi connectivity index (χ4v) is 5.02. The normalized spacial score (nSPS) is 40.3. The summed E-state index contributed by atoms with van der Waals surface area (Å²) in [6, 6.07) is 0. The molecule has 1 atom stereocenters. The maximum absolute atomic E-state index is 12.0. The van der Waals surface area contributed by atoms with Crippen LogP contribution in [0.1, 0.15) is 19.3 Å². The minimum Gasteiger partial charge on any atom is -0.316 e. The van der Waals surface area contributed by atoms with Gasteiger partial charge in [0.05, 0.1) is 5.75 Å². The molecule has 2 saturated heterocycles. The summed E-state index contributed by atoms with van der Waals surface area (Å²) in [4.78, 5) is 0. The third kappa shape index (κ3) is 1.81. The van der Waals surface area contributed by atoms with Gasteiger partial charge in [0.25, 0.3) is 0 Å². The topological polar surface area (TPSA) is 49.4 Å². The standard InChI is InChI=1S/C10H18N2O2S/c13-15(14)8-10(3-4-11-6-10)7-12(15)5-9-1-2-9/h9,11H,1-8H2. The van der Waals surface area contributed by atoms with E-state index in [2.05, 4.69) is 5.32 Å². The number of nitrogens with zero attached hydrogens (tertiary/aromatic N) is 1. The van der Waals surface area contributed by atoms with Crippen LogP contribution >= 0.6 is 0 Å². The average Bonchev–Trinajstić information content (AvgIpc) is 2.79. The van der Waals surface area contributed by atoms with Crippen LogP contribution in [0.25, 0.3) is 0 Å².